The molecule has 0 fully saturated rings. The number of rotatable bonds is 15. The highest BCUT2D eigenvalue weighted by Gasteiger charge is 2.30. The van der Waals surface area contributed by atoms with Gasteiger partial charge in [0.05, 0.1) is 19.1 Å². The molecule has 0 bridgehead atoms. The van der Waals surface area contributed by atoms with Crippen LogP contribution in [0.5, 0.6) is 5.75 Å². The van der Waals surface area contributed by atoms with Crippen molar-refractivity contribution in [1.82, 2.24) is 10.2 Å². The molecule has 0 saturated heterocycles. The standard InChI is InChI=1S/C33H43N3O5S/c1-25(2)23-34-33(38)31(22-27-13-7-6-8-14-27)35(24-28-15-10-17-30(21-28)41-4)32(37)18-11-19-36(42(5,39)40)29-16-9-12-26(3)20-29/h6-10,12-17,20-21,25,31H,11,18-19,22-24H2,1-5H3,(H,34,38). The number of benzene rings is 3. The number of hydrogen-bond acceptors (Lipinski definition) is 5. The Labute approximate surface area is 250 Å². The summed E-state index contributed by atoms with van der Waals surface area (Å²) >= 11 is 0. The van der Waals surface area contributed by atoms with E-state index in [2.05, 4.69) is 5.32 Å². The maximum atomic E-state index is 13.9. The number of carbonyl (C=O) groups is 2. The van der Waals surface area contributed by atoms with E-state index in [1.807, 2.05) is 93.6 Å². The molecular weight excluding hydrogens is 550 g/mol. The predicted octanol–water partition coefficient (Wildman–Crippen LogP) is 4.96. The molecule has 0 aliphatic heterocycles. The summed E-state index contributed by atoms with van der Waals surface area (Å²) in [6.45, 7) is 6.79. The summed E-state index contributed by atoms with van der Waals surface area (Å²) in [5.41, 5.74) is 3.27. The fourth-order valence-corrected chi connectivity index (χ4v) is 5.69. The van der Waals surface area contributed by atoms with Crippen LogP contribution in [0.3, 0.4) is 0 Å². The molecule has 1 atom stereocenters. The Balaban J connectivity index is 1.90. The Morgan fingerprint density at radius 1 is 0.929 bits per heavy atom. The normalized spacial score (nSPS) is 12.0. The quantitative estimate of drug-likeness (QED) is 0.269. The Morgan fingerprint density at radius 3 is 2.26 bits per heavy atom. The number of sulfonamides is 1. The van der Waals surface area contributed by atoms with Crippen LogP contribution in [-0.4, -0.2) is 57.6 Å². The number of nitrogens with zero attached hydrogens (tertiary/aromatic N) is 2. The highest BCUT2D eigenvalue weighted by Crippen LogP contribution is 2.22. The van der Waals surface area contributed by atoms with E-state index in [4.69, 9.17) is 4.74 Å². The van der Waals surface area contributed by atoms with Crippen molar-refractivity contribution in [2.24, 2.45) is 5.92 Å². The van der Waals surface area contributed by atoms with Gasteiger partial charge in [0.25, 0.3) is 0 Å². The first-order valence-electron chi connectivity index (χ1n) is 14.3. The lowest BCUT2D eigenvalue weighted by Crippen LogP contribution is -2.51. The molecule has 3 aromatic rings. The maximum Gasteiger partial charge on any atom is 0.243 e. The summed E-state index contributed by atoms with van der Waals surface area (Å²) < 4.78 is 32.0. The van der Waals surface area contributed by atoms with Gasteiger partial charge in [-0.05, 0) is 60.2 Å². The smallest absolute Gasteiger partial charge is 0.243 e. The van der Waals surface area contributed by atoms with Crippen LogP contribution in [0.4, 0.5) is 5.69 Å². The zero-order valence-electron chi connectivity index (χ0n) is 25.2. The van der Waals surface area contributed by atoms with Crippen molar-refractivity contribution >= 4 is 27.5 Å². The molecule has 0 aromatic heterocycles. The molecule has 3 aromatic carbocycles. The molecule has 1 unspecified atom stereocenters. The summed E-state index contributed by atoms with van der Waals surface area (Å²) in [4.78, 5) is 29.2. The molecule has 0 spiro atoms. The van der Waals surface area contributed by atoms with Crippen LogP contribution in [0.15, 0.2) is 78.9 Å². The van der Waals surface area contributed by atoms with Gasteiger partial charge in [-0.1, -0.05) is 68.4 Å². The van der Waals surface area contributed by atoms with Gasteiger partial charge in [-0.25, -0.2) is 8.42 Å². The fraction of sp³-hybridized carbons (Fsp3) is 0.394. The van der Waals surface area contributed by atoms with Crippen molar-refractivity contribution in [2.45, 2.75) is 52.6 Å². The summed E-state index contributed by atoms with van der Waals surface area (Å²) in [5.74, 6) is 0.459. The van der Waals surface area contributed by atoms with Crippen LogP contribution in [-0.2, 0) is 32.6 Å². The second kappa shape index (κ2) is 15.4. The molecule has 226 valence electrons. The third-order valence-electron chi connectivity index (χ3n) is 6.88. The Kier molecular flexibility index (Phi) is 12.0. The van der Waals surface area contributed by atoms with Gasteiger partial charge in [-0.3, -0.25) is 13.9 Å². The minimum absolute atomic E-state index is 0.0740. The molecule has 8 nitrogen and oxygen atoms in total. The molecule has 3 rings (SSSR count). The van der Waals surface area contributed by atoms with Crippen LogP contribution in [0.2, 0.25) is 0 Å². The van der Waals surface area contributed by atoms with E-state index < -0.39 is 16.1 Å². The lowest BCUT2D eigenvalue weighted by atomic mass is 10.0. The Morgan fingerprint density at radius 2 is 1.62 bits per heavy atom. The number of aryl methyl sites for hydroxylation is 1. The largest absolute Gasteiger partial charge is 0.497 e. The summed E-state index contributed by atoms with van der Waals surface area (Å²) in [6, 6.07) is 23.6. The minimum Gasteiger partial charge on any atom is -0.497 e. The van der Waals surface area contributed by atoms with Gasteiger partial charge in [0, 0.05) is 32.5 Å². The van der Waals surface area contributed by atoms with Crippen molar-refractivity contribution < 1.29 is 22.7 Å². The summed E-state index contributed by atoms with van der Waals surface area (Å²) in [5, 5.41) is 3.02. The van der Waals surface area contributed by atoms with Crippen LogP contribution in [0.25, 0.3) is 0 Å². The van der Waals surface area contributed by atoms with E-state index in [9.17, 15) is 18.0 Å². The van der Waals surface area contributed by atoms with E-state index >= 15 is 0 Å². The average molecular weight is 594 g/mol. The van der Waals surface area contributed by atoms with E-state index in [0.717, 1.165) is 16.7 Å². The second-order valence-corrected chi connectivity index (χ2v) is 12.9. The van der Waals surface area contributed by atoms with E-state index in [0.29, 0.717) is 30.8 Å². The highest BCUT2D eigenvalue weighted by atomic mass is 32.2. The van der Waals surface area contributed by atoms with Crippen molar-refractivity contribution in [3.63, 3.8) is 0 Å². The lowest BCUT2D eigenvalue weighted by Gasteiger charge is -2.32. The number of ether oxygens (including phenoxy) is 1. The topological polar surface area (TPSA) is 96.0 Å². The van der Waals surface area contributed by atoms with Gasteiger partial charge in [-0.2, -0.15) is 0 Å². The maximum absolute atomic E-state index is 13.9. The predicted molar refractivity (Wildman–Crippen MR) is 168 cm³/mol. The van der Waals surface area contributed by atoms with Crippen LogP contribution in [0, 0.1) is 12.8 Å². The third kappa shape index (κ3) is 9.91. The van der Waals surface area contributed by atoms with Gasteiger partial charge in [0.2, 0.25) is 21.8 Å². The van der Waals surface area contributed by atoms with E-state index in [1.54, 1.807) is 18.1 Å². The van der Waals surface area contributed by atoms with Gasteiger partial charge >= 0.3 is 0 Å². The van der Waals surface area contributed by atoms with E-state index in [-0.39, 0.29) is 37.2 Å². The second-order valence-electron chi connectivity index (χ2n) is 11.0. The molecule has 9 heteroatoms. The summed E-state index contributed by atoms with van der Waals surface area (Å²) in [7, 11) is -1.98. The highest BCUT2D eigenvalue weighted by molar-refractivity contribution is 7.92. The van der Waals surface area contributed by atoms with Gasteiger partial charge in [-0.15, -0.1) is 0 Å². The van der Waals surface area contributed by atoms with Crippen molar-refractivity contribution in [2.75, 3.05) is 30.8 Å². The monoisotopic (exact) mass is 593 g/mol. The number of amides is 2. The summed E-state index contributed by atoms with van der Waals surface area (Å²) in [6.07, 6.45) is 1.88. The number of methoxy groups -OCH3 is 1. The number of nitrogens with one attached hydrogen (secondary N) is 1. The Bertz CT molecular complexity index is 1430. The molecule has 0 saturated carbocycles. The first kappa shape index (κ1) is 32.7. The van der Waals surface area contributed by atoms with Crippen LogP contribution >= 0.6 is 0 Å². The SMILES string of the molecule is COc1cccc(CN(C(=O)CCCN(c2cccc(C)c2)S(C)(=O)=O)C(Cc2ccccc2)C(=O)NCC(C)C)c1. The van der Waals surface area contributed by atoms with Gasteiger partial charge in [0.1, 0.15) is 11.8 Å². The molecule has 1 N–H and O–H groups in total. The zero-order chi connectivity index (χ0) is 30.7. The first-order chi connectivity index (χ1) is 20.0. The van der Waals surface area contributed by atoms with Gasteiger partial charge < -0.3 is 15.0 Å². The van der Waals surface area contributed by atoms with Crippen molar-refractivity contribution in [3.05, 3.63) is 95.6 Å². The Hall–Kier alpha value is -3.85. The molecule has 2 amide bonds. The number of carbonyl (C=O) groups excluding carboxylic acids is 2. The zero-order valence-corrected chi connectivity index (χ0v) is 26.1. The van der Waals surface area contributed by atoms with Crippen molar-refractivity contribution in [3.8, 4) is 5.75 Å². The molecule has 0 aliphatic rings. The average Bonchev–Trinajstić information content (AvgIpc) is 2.95. The third-order valence-corrected chi connectivity index (χ3v) is 8.08. The fourth-order valence-electron chi connectivity index (χ4n) is 4.73. The van der Waals surface area contributed by atoms with Gasteiger partial charge in [0.15, 0.2) is 0 Å². The van der Waals surface area contributed by atoms with Crippen LogP contribution in [0.1, 0.15) is 43.4 Å². The minimum atomic E-state index is -3.56. The lowest BCUT2D eigenvalue weighted by molar-refractivity contribution is -0.141. The number of anilines is 1. The molecule has 42 heavy (non-hydrogen) atoms. The first-order valence-corrected chi connectivity index (χ1v) is 16.1. The molecule has 0 heterocycles. The van der Waals surface area contributed by atoms with Crippen molar-refractivity contribution in [1.29, 1.82) is 0 Å². The van der Waals surface area contributed by atoms with Crippen LogP contribution < -0.4 is 14.4 Å². The molecular formula is C33H43N3O5S. The molecule has 0 aliphatic carbocycles. The van der Waals surface area contributed by atoms with E-state index in [1.165, 1.54) is 10.6 Å². The molecule has 0 radical (unpaired) electrons. The number of hydrogen-bond donors (Lipinski definition) is 1.